The molecule has 0 aromatic carbocycles. The van der Waals surface area contributed by atoms with Gasteiger partial charge >= 0.3 is 6.03 Å². The molecule has 2 aromatic rings. The first-order chi connectivity index (χ1) is 11.5. The van der Waals surface area contributed by atoms with Gasteiger partial charge in [-0.05, 0) is 56.9 Å². The molecule has 0 saturated heterocycles. The van der Waals surface area contributed by atoms with Gasteiger partial charge < -0.3 is 10.4 Å². The van der Waals surface area contributed by atoms with Crippen LogP contribution in [0.5, 0.6) is 0 Å². The molecule has 2 fully saturated rings. The second-order valence-electron chi connectivity index (χ2n) is 7.06. The van der Waals surface area contributed by atoms with E-state index in [-0.39, 0.29) is 24.6 Å². The standard InChI is InChI=1S/C16H22N6O2/c1-8-3-9(2)22-15(17-8)19-14(21-22)20-16(24)18-13-6-10-4-11(13)5-12(10)7-23/h3,10-13,23H,4-7H2,1-2H3,(H2,18,20,21,24)/t10-,11-,12+,13-/m1/s1. The number of fused-ring (bicyclic) bond motifs is 3. The number of aryl methyl sites for hydroxylation is 2. The third kappa shape index (κ3) is 2.60. The van der Waals surface area contributed by atoms with E-state index in [0.717, 1.165) is 30.7 Å². The molecule has 0 spiro atoms. The smallest absolute Gasteiger partial charge is 0.321 e. The Morgan fingerprint density at radius 3 is 2.83 bits per heavy atom. The number of rotatable bonds is 3. The Labute approximate surface area is 139 Å². The number of hydrogen-bond acceptors (Lipinski definition) is 5. The molecule has 0 unspecified atom stereocenters. The Morgan fingerprint density at radius 2 is 2.12 bits per heavy atom. The number of anilines is 1. The van der Waals surface area contributed by atoms with Crippen LogP contribution in [-0.4, -0.2) is 43.4 Å². The minimum absolute atomic E-state index is 0.178. The fourth-order valence-corrected chi connectivity index (χ4v) is 4.32. The molecule has 0 radical (unpaired) electrons. The summed E-state index contributed by atoms with van der Waals surface area (Å²) in [5.41, 5.74) is 1.78. The van der Waals surface area contributed by atoms with Gasteiger partial charge in [-0.15, -0.1) is 5.10 Å². The molecule has 4 atom stereocenters. The number of nitrogens with one attached hydrogen (secondary N) is 2. The summed E-state index contributed by atoms with van der Waals surface area (Å²) in [6, 6.07) is 1.81. The molecule has 128 valence electrons. The van der Waals surface area contributed by atoms with Crippen LogP contribution in [0.3, 0.4) is 0 Å². The van der Waals surface area contributed by atoms with Crippen LogP contribution in [0.2, 0.25) is 0 Å². The Bertz CT molecular complexity index is 788. The molecule has 2 saturated carbocycles. The van der Waals surface area contributed by atoms with Crippen molar-refractivity contribution in [2.45, 2.75) is 39.2 Å². The second kappa shape index (κ2) is 5.70. The van der Waals surface area contributed by atoms with Crippen LogP contribution >= 0.6 is 0 Å². The molecule has 2 amide bonds. The molecule has 2 aliphatic rings. The molecule has 4 rings (SSSR count). The van der Waals surface area contributed by atoms with E-state index in [1.807, 2.05) is 19.9 Å². The summed E-state index contributed by atoms with van der Waals surface area (Å²) in [7, 11) is 0. The molecule has 8 nitrogen and oxygen atoms in total. The van der Waals surface area contributed by atoms with Crippen LogP contribution in [0.1, 0.15) is 30.7 Å². The van der Waals surface area contributed by atoms with Gasteiger partial charge in [0.2, 0.25) is 0 Å². The Morgan fingerprint density at radius 1 is 1.29 bits per heavy atom. The normalized spacial score (nSPS) is 28.5. The number of aliphatic hydroxyl groups excluding tert-OH is 1. The van der Waals surface area contributed by atoms with Gasteiger partial charge in [-0.3, -0.25) is 5.32 Å². The van der Waals surface area contributed by atoms with Gasteiger partial charge in [0.25, 0.3) is 11.7 Å². The Kier molecular flexibility index (Phi) is 3.64. The van der Waals surface area contributed by atoms with Gasteiger partial charge in [-0.1, -0.05) is 0 Å². The van der Waals surface area contributed by atoms with E-state index in [1.54, 1.807) is 4.52 Å². The van der Waals surface area contributed by atoms with Crippen molar-refractivity contribution in [3.05, 3.63) is 17.5 Å². The summed E-state index contributed by atoms with van der Waals surface area (Å²) in [5.74, 6) is 2.15. The average molecular weight is 330 g/mol. The van der Waals surface area contributed by atoms with Gasteiger partial charge in [-0.25, -0.2) is 9.78 Å². The lowest BCUT2D eigenvalue weighted by molar-refractivity contribution is 0.165. The molecule has 8 heteroatoms. The number of urea groups is 1. The van der Waals surface area contributed by atoms with E-state index in [2.05, 4.69) is 25.7 Å². The van der Waals surface area contributed by atoms with Crippen molar-refractivity contribution in [2.24, 2.45) is 17.8 Å². The van der Waals surface area contributed by atoms with E-state index in [9.17, 15) is 9.90 Å². The quantitative estimate of drug-likeness (QED) is 0.786. The number of carbonyl (C=O) groups excluding carboxylic acids is 1. The third-order valence-electron chi connectivity index (χ3n) is 5.40. The van der Waals surface area contributed by atoms with Crippen molar-refractivity contribution in [1.82, 2.24) is 24.9 Å². The molecule has 2 aliphatic carbocycles. The van der Waals surface area contributed by atoms with Crippen molar-refractivity contribution >= 4 is 17.8 Å². The van der Waals surface area contributed by atoms with Crippen molar-refractivity contribution < 1.29 is 9.90 Å². The summed E-state index contributed by atoms with van der Waals surface area (Å²) in [5, 5.41) is 19.4. The zero-order valence-electron chi connectivity index (χ0n) is 13.9. The van der Waals surface area contributed by atoms with E-state index in [0.29, 0.717) is 23.5 Å². The van der Waals surface area contributed by atoms with Crippen molar-refractivity contribution in [2.75, 3.05) is 11.9 Å². The molecule has 3 N–H and O–H groups in total. The first-order valence-electron chi connectivity index (χ1n) is 8.43. The molecular weight excluding hydrogens is 308 g/mol. The highest BCUT2D eigenvalue weighted by Gasteiger charge is 2.45. The topological polar surface area (TPSA) is 104 Å². The minimum atomic E-state index is -0.279. The summed E-state index contributed by atoms with van der Waals surface area (Å²) in [4.78, 5) is 20.8. The highest BCUT2D eigenvalue weighted by Crippen LogP contribution is 2.48. The lowest BCUT2D eigenvalue weighted by Crippen LogP contribution is -2.42. The number of nitrogens with zero attached hydrogens (tertiary/aromatic N) is 4. The van der Waals surface area contributed by atoms with Crippen LogP contribution < -0.4 is 10.6 Å². The maximum Gasteiger partial charge on any atom is 0.321 e. The summed E-state index contributed by atoms with van der Waals surface area (Å²) in [6.45, 7) is 4.08. The predicted octanol–water partition coefficient (Wildman–Crippen LogP) is 1.27. The number of aliphatic hydroxyl groups is 1. The fraction of sp³-hybridized carbons (Fsp3) is 0.625. The zero-order valence-corrected chi connectivity index (χ0v) is 13.9. The van der Waals surface area contributed by atoms with Crippen molar-refractivity contribution in [1.29, 1.82) is 0 Å². The fourth-order valence-electron chi connectivity index (χ4n) is 4.32. The third-order valence-corrected chi connectivity index (χ3v) is 5.40. The summed E-state index contributed by atoms with van der Waals surface area (Å²) in [6.07, 6.45) is 3.05. The first kappa shape index (κ1) is 15.3. The molecule has 0 aliphatic heterocycles. The SMILES string of the molecule is Cc1cc(C)n2nc(NC(=O)N[C@@H]3C[C@H]4C[C@@H]3C[C@H]4CO)nc2n1. The molecule has 2 aromatic heterocycles. The van der Waals surface area contributed by atoms with Crippen LogP contribution in [0.15, 0.2) is 6.07 Å². The van der Waals surface area contributed by atoms with Crippen molar-refractivity contribution in [3.63, 3.8) is 0 Å². The van der Waals surface area contributed by atoms with Gasteiger partial charge in [0, 0.05) is 24.0 Å². The Hall–Kier alpha value is -2.22. The van der Waals surface area contributed by atoms with E-state index in [1.165, 1.54) is 0 Å². The van der Waals surface area contributed by atoms with E-state index < -0.39 is 0 Å². The summed E-state index contributed by atoms with van der Waals surface area (Å²) >= 11 is 0. The van der Waals surface area contributed by atoms with Gasteiger partial charge in [-0.2, -0.15) is 9.50 Å². The van der Waals surface area contributed by atoms with Gasteiger partial charge in [0.15, 0.2) is 0 Å². The average Bonchev–Trinajstić information content (AvgIpc) is 3.20. The number of hydrogen-bond donors (Lipinski definition) is 3. The first-order valence-corrected chi connectivity index (χ1v) is 8.43. The summed E-state index contributed by atoms with van der Waals surface area (Å²) < 4.78 is 1.62. The largest absolute Gasteiger partial charge is 0.396 e. The Balaban J connectivity index is 1.41. The number of carbonyl (C=O) groups is 1. The van der Waals surface area contributed by atoms with Crippen LogP contribution in [0, 0.1) is 31.6 Å². The highest BCUT2D eigenvalue weighted by atomic mass is 16.3. The number of aromatic nitrogens is 4. The molecule has 24 heavy (non-hydrogen) atoms. The maximum atomic E-state index is 12.2. The molecular formula is C16H22N6O2. The van der Waals surface area contributed by atoms with Crippen LogP contribution in [0.25, 0.3) is 5.78 Å². The lowest BCUT2D eigenvalue weighted by Gasteiger charge is -2.27. The van der Waals surface area contributed by atoms with Gasteiger partial charge in [0.05, 0.1) is 0 Å². The molecule has 2 bridgehead atoms. The van der Waals surface area contributed by atoms with Gasteiger partial charge in [0.1, 0.15) is 0 Å². The van der Waals surface area contributed by atoms with E-state index in [4.69, 9.17) is 0 Å². The van der Waals surface area contributed by atoms with Crippen molar-refractivity contribution in [3.8, 4) is 0 Å². The predicted molar refractivity (Wildman–Crippen MR) is 87.6 cm³/mol. The van der Waals surface area contributed by atoms with E-state index >= 15 is 0 Å². The van der Waals surface area contributed by atoms with Crippen LogP contribution in [0.4, 0.5) is 10.7 Å². The molecule has 2 heterocycles. The number of amides is 2. The minimum Gasteiger partial charge on any atom is -0.396 e. The van der Waals surface area contributed by atoms with Crippen LogP contribution in [-0.2, 0) is 0 Å². The zero-order chi connectivity index (χ0) is 16.8. The lowest BCUT2D eigenvalue weighted by atomic mass is 9.86. The monoisotopic (exact) mass is 330 g/mol. The highest BCUT2D eigenvalue weighted by molar-refractivity contribution is 5.87. The second-order valence-corrected chi connectivity index (χ2v) is 7.06. The maximum absolute atomic E-state index is 12.2.